The topological polar surface area (TPSA) is 76.1 Å². The summed E-state index contributed by atoms with van der Waals surface area (Å²) < 4.78 is 11.2. The van der Waals surface area contributed by atoms with Gasteiger partial charge in [0.1, 0.15) is 6.10 Å². The first-order valence-corrected chi connectivity index (χ1v) is 8.40. The molecule has 2 aliphatic heterocycles. The molecule has 3 atom stereocenters. The summed E-state index contributed by atoms with van der Waals surface area (Å²) >= 11 is 0. The Kier molecular flexibility index (Phi) is 6.59. The van der Waals surface area contributed by atoms with Crippen LogP contribution in [-0.2, 0) is 19.1 Å². The fourth-order valence-corrected chi connectivity index (χ4v) is 3.45. The van der Waals surface area contributed by atoms with E-state index in [2.05, 4.69) is 6.58 Å². The number of aliphatic carboxylic acids is 1. The van der Waals surface area contributed by atoms with Gasteiger partial charge in [-0.3, -0.25) is 9.59 Å². The summed E-state index contributed by atoms with van der Waals surface area (Å²) in [4.78, 5) is 25.4. The van der Waals surface area contributed by atoms with Crippen molar-refractivity contribution in [3.05, 3.63) is 12.7 Å². The highest BCUT2D eigenvalue weighted by molar-refractivity contribution is 5.80. The SMILES string of the molecule is C=CCCOC(C)C(=O)N1CCC([C@@H]2OCCC2C(=O)O)CC1. The summed E-state index contributed by atoms with van der Waals surface area (Å²) in [7, 11) is 0. The van der Waals surface area contributed by atoms with Crippen LogP contribution in [0.4, 0.5) is 0 Å². The quantitative estimate of drug-likeness (QED) is 0.569. The van der Waals surface area contributed by atoms with E-state index in [1.807, 2.05) is 4.90 Å². The monoisotopic (exact) mass is 325 g/mol. The number of piperidine rings is 1. The minimum atomic E-state index is -0.768. The van der Waals surface area contributed by atoms with Crippen molar-refractivity contribution in [2.75, 3.05) is 26.3 Å². The summed E-state index contributed by atoms with van der Waals surface area (Å²) in [5.74, 6) is -0.937. The van der Waals surface area contributed by atoms with E-state index in [0.717, 1.165) is 19.3 Å². The van der Waals surface area contributed by atoms with Crippen LogP contribution in [0.3, 0.4) is 0 Å². The molecule has 0 aromatic carbocycles. The molecule has 2 unspecified atom stereocenters. The van der Waals surface area contributed by atoms with Crippen LogP contribution in [0.15, 0.2) is 12.7 Å². The van der Waals surface area contributed by atoms with Gasteiger partial charge in [-0.2, -0.15) is 0 Å². The van der Waals surface area contributed by atoms with Crippen LogP contribution in [0, 0.1) is 11.8 Å². The highest BCUT2D eigenvalue weighted by atomic mass is 16.5. The Labute approximate surface area is 137 Å². The minimum Gasteiger partial charge on any atom is -0.481 e. The van der Waals surface area contributed by atoms with Gasteiger partial charge < -0.3 is 19.5 Å². The first kappa shape index (κ1) is 17.9. The Morgan fingerprint density at radius 2 is 2.09 bits per heavy atom. The molecule has 0 aromatic rings. The van der Waals surface area contributed by atoms with Gasteiger partial charge in [-0.15, -0.1) is 6.58 Å². The zero-order valence-electron chi connectivity index (χ0n) is 13.8. The molecule has 2 aliphatic rings. The molecular formula is C17H27NO5. The molecule has 0 aromatic heterocycles. The van der Waals surface area contributed by atoms with E-state index in [-0.39, 0.29) is 17.9 Å². The number of hydrogen-bond acceptors (Lipinski definition) is 4. The summed E-state index contributed by atoms with van der Waals surface area (Å²) in [6.07, 6.45) is 4.03. The van der Waals surface area contributed by atoms with Gasteiger partial charge in [0.15, 0.2) is 0 Å². The fourth-order valence-electron chi connectivity index (χ4n) is 3.45. The van der Waals surface area contributed by atoms with Gasteiger partial charge in [0.2, 0.25) is 0 Å². The normalized spacial score (nSPS) is 26.9. The molecule has 0 bridgehead atoms. The number of carboxylic acid groups (broad SMARTS) is 1. The molecule has 0 saturated carbocycles. The van der Waals surface area contributed by atoms with Gasteiger partial charge in [0.25, 0.3) is 5.91 Å². The smallest absolute Gasteiger partial charge is 0.309 e. The molecule has 130 valence electrons. The highest BCUT2D eigenvalue weighted by Gasteiger charge is 2.41. The number of amides is 1. The number of nitrogens with zero attached hydrogens (tertiary/aromatic N) is 1. The van der Waals surface area contributed by atoms with Crippen molar-refractivity contribution in [2.24, 2.45) is 11.8 Å². The Morgan fingerprint density at radius 1 is 1.39 bits per heavy atom. The first-order valence-electron chi connectivity index (χ1n) is 8.40. The molecule has 0 aliphatic carbocycles. The molecule has 1 N–H and O–H groups in total. The summed E-state index contributed by atoms with van der Waals surface area (Å²) in [6, 6.07) is 0. The second kappa shape index (κ2) is 8.45. The van der Waals surface area contributed by atoms with E-state index in [1.165, 1.54) is 0 Å². The van der Waals surface area contributed by atoms with E-state index in [0.29, 0.717) is 32.7 Å². The molecule has 6 heteroatoms. The lowest BCUT2D eigenvalue weighted by molar-refractivity contribution is -0.148. The third kappa shape index (κ3) is 4.54. The van der Waals surface area contributed by atoms with Crippen LogP contribution in [0.1, 0.15) is 32.6 Å². The third-order valence-electron chi connectivity index (χ3n) is 4.81. The standard InChI is InChI=1S/C17H27NO5/c1-3-4-10-22-12(2)16(19)18-8-5-13(6-9-18)15-14(17(20)21)7-11-23-15/h3,12-15H,1,4-11H2,2H3,(H,20,21)/t12?,14?,15-/m0/s1. The molecule has 0 radical (unpaired) electrons. The summed E-state index contributed by atoms with van der Waals surface area (Å²) in [5, 5.41) is 9.26. The molecule has 1 amide bonds. The highest BCUT2D eigenvalue weighted by Crippen LogP contribution is 2.33. The van der Waals surface area contributed by atoms with Crippen molar-refractivity contribution in [1.29, 1.82) is 0 Å². The molecule has 2 rings (SSSR count). The Bertz CT molecular complexity index is 431. The van der Waals surface area contributed by atoms with Crippen molar-refractivity contribution >= 4 is 11.9 Å². The number of likely N-dealkylation sites (tertiary alicyclic amines) is 1. The molecule has 0 spiro atoms. The zero-order chi connectivity index (χ0) is 16.8. The Hall–Kier alpha value is -1.40. The molecule has 6 nitrogen and oxygen atoms in total. The summed E-state index contributed by atoms with van der Waals surface area (Å²) in [5.41, 5.74) is 0. The van der Waals surface area contributed by atoms with Crippen molar-refractivity contribution in [2.45, 2.75) is 44.8 Å². The number of carboxylic acids is 1. The van der Waals surface area contributed by atoms with E-state index in [1.54, 1.807) is 13.0 Å². The predicted octanol–water partition coefficient (Wildman–Crippen LogP) is 1.70. The molecular weight excluding hydrogens is 298 g/mol. The maximum Gasteiger partial charge on any atom is 0.309 e. The van der Waals surface area contributed by atoms with Crippen molar-refractivity contribution in [1.82, 2.24) is 4.90 Å². The van der Waals surface area contributed by atoms with E-state index in [9.17, 15) is 14.7 Å². The van der Waals surface area contributed by atoms with Crippen LogP contribution in [-0.4, -0.2) is 60.4 Å². The number of carbonyl (C=O) groups excluding carboxylic acids is 1. The third-order valence-corrected chi connectivity index (χ3v) is 4.81. The number of hydrogen-bond donors (Lipinski definition) is 1. The fraction of sp³-hybridized carbons (Fsp3) is 0.765. The average Bonchev–Trinajstić information content (AvgIpc) is 3.04. The maximum absolute atomic E-state index is 12.3. The van der Waals surface area contributed by atoms with Crippen LogP contribution in [0.25, 0.3) is 0 Å². The first-order chi connectivity index (χ1) is 11.0. The predicted molar refractivity (Wildman–Crippen MR) is 85.0 cm³/mol. The van der Waals surface area contributed by atoms with Crippen LogP contribution < -0.4 is 0 Å². The molecule has 23 heavy (non-hydrogen) atoms. The molecule has 2 fully saturated rings. The van der Waals surface area contributed by atoms with Crippen LogP contribution in [0.5, 0.6) is 0 Å². The van der Waals surface area contributed by atoms with E-state index < -0.39 is 18.0 Å². The minimum absolute atomic E-state index is 0.00892. The van der Waals surface area contributed by atoms with E-state index >= 15 is 0 Å². The van der Waals surface area contributed by atoms with Gasteiger partial charge in [-0.05, 0) is 38.5 Å². The largest absolute Gasteiger partial charge is 0.481 e. The van der Waals surface area contributed by atoms with Crippen molar-refractivity contribution < 1.29 is 24.2 Å². The lowest BCUT2D eigenvalue weighted by Gasteiger charge is -2.36. The second-order valence-electron chi connectivity index (χ2n) is 6.32. The maximum atomic E-state index is 12.3. The van der Waals surface area contributed by atoms with Crippen molar-refractivity contribution in [3.63, 3.8) is 0 Å². The van der Waals surface area contributed by atoms with Gasteiger partial charge >= 0.3 is 5.97 Å². The van der Waals surface area contributed by atoms with Crippen LogP contribution in [0.2, 0.25) is 0 Å². The second-order valence-corrected chi connectivity index (χ2v) is 6.32. The lowest BCUT2D eigenvalue weighted by atomic mass is 9.84. The summed E-state index contributed by atoms with van der Waals surface area (Å²) in [6.45, 7) is 7.72. The van der Waals surface area contributed by atoms with E-state index in [4.69, 9.17) is 9.47 Å². The number of ether oxygens (including phenoxy) is 2. The number of rotatable bonds is 7. The lowest BCUT2D eigenvalue weighted by Crippen LogP contribution is -2.46. The molecule has 2 heterocycles. The van der Waals surface area contributed by atoms with Gasteiger partial charge in [-0.1, -0.05) is 6.08 Å². The van der Waals surface area contributed by atoms with Crippen molar-refractivity contribution in [3.8, 4) is 0 Å². The zero-order valence-corrected chi connectivity index (χ0v) is 13.8. The molecule has 2 saturated heterocycles. The Morgan fingerprint density at radius 3 is 2.70 bits per heavy atom. The Balaban J connectivity index is 1.80. The average molecular weight is 325 g/mol. The van der Waals surface area contributed by atoms with Gasteiger partial charge in [0.05, 0.1) is 18.6 Å². The van der Waals surface area contributed by atoms with Crippen LogP contribution >= 0.6 is 0 Å². The van der Waals surface area contributed by atoms with Gasteiger partial charge in [-0.25, -0.2) is 0 Å². The number of carbonyl (C=O) groups is 2. The van der Waals surface area contributed by atoms with Gasteiger partial charge in [0, 0.05) is 19.7 Å².